The lowest BCUT2D eigenvalue weighted by Crippen LogP contribution is -2.27. The number of aryl methyl sites for hydroxylation is 1. The van der Waals surface area contributed by atoms with Gasteiger partial charge in [-0.1, -0.05) is 31.5 Å². The number of amides is 2. The summed E-state index contributed by atoms with van der Waals surface area (Å²) in [5.74, 6) is -0.262. The number of carbonyl (C=O) groups is 2. The number of halogens is 1. The Balaban J connectivity index is 2.14. The summed E-state index contributed by atoms with van der Waals surface area (Å²) >= 11 is 5.95. The second-order valence-electron chi connectivity index (χ2n) is 5.95. The van der Waals surface area contributed by atoms with Gasteiger partial charge in [0.05, 0.1) is 0 Å². The maximum atomic E-state index is 12.4. The van der Waals surface area contributed by atoms with Crippen molar-refractivity contribution in [1.82, 2.24) is 10.3 Å². The second-order valence-corrected chi connectivity index (χ2v) is 6.38. The molecule has 0 saturated heterocycles. The normalized spacial score (nSPS) is 10.5. The standard InChI is InChI=1S/C18H20ClN3O2/c1-11(2)10-21-17(23)13-6-7-20-16(8-13)18(24)22-15-9-14(19)5-4-12(15)3/h4-9,11H,10H2,1-3H3,(H,21,23)(H,22,24). The van der Waals surface area contributed by atoms with Crippen LogP contribution in [0.25, 0.3) is 0 Å². The van der Waals surface area contributed by atoms with E-state index in [2.05, 4.69) is 15.6 Å². The van der Waals surface area contributed by atoms with Crippen LogP contribution in [0, 0.1) is 12.8 Å². The summed E-state index contributed by atoms with van der Waals surface area (Å²) in [6.07, 6.45) is 1.45. The van der Waals surface area contributed by atoms with Crippen molar-refractivity contribution < 1.29 is 9.59 Å². The Morgan fingerprint density at radius 1 is 1.17 bits per heavy atom. The van der Waals surface area contributed by atoms with Crippen molar-refractivity contribution in [3.8, 4) is 0 Å². The number of benzene rings is 1. The smallest absolute Gasteiger partial charge is 0.274 e. The van der Waals surface area contributed by atoms with Crippen molar-refractivity contribution in [3.63, 3.8) is 0 Å². The molecule has 5 nitrogen and oxygen atoms in total. The summed E-state index contributed by atoms with van der Waals surface area (Å²) < 4.78 is 0. The van der Waals surface area contributed by atoms with E-state index in [-0.39, 0.29) is 17.5 Å². The molecule has 2 amide bonds. The van der Waals surface area contributed by atoms with Gasteiger partial charge in [0.25, 0.3) is 11.8 Å². The zero-order valence-electron chi connectivity index (χ0n) is 13.9. The predicted molar refractivity (Wildman–Crippen MR) is 95.6 cm³/mol. The third-order valence-corrected chi connectivity index (χ3v) is 3.61. The summed E-state index contributed by atoms with van der Waals surface area (Å²) in [5.41, 5.74) is 2.08. The Labute approximate surface area is 146 Å². The molecular weight excluding hydrogens is 326 g/mol. The van der Waals surface area contributed by atoms with E-state index in [1.54, 1.807) is 18.2 Å². The van der Waals surface area contributed by atoms with Crippen molar-refractivity contribution in [1.29, 1.82) is 0 Å². The van der Waals surface area contributed by atoms with Crippen molar-refractivity contribution >= 4 is 29.1 Å². The topological polar surface area (TPSA) is 71.1 Å². The fraction of sp³-hybridized carbons (Fsp3) is 0.278. The largest absolute Gasteiger partial charge is 0.352 e. The van der Waals surface area contributed by atoms with Gasteiger partial charge >= 0.3 is 0 Å². The molecule has 0 saturated carbocycles. The molecule has 0 fully saturated rings. The molecule has 2 N–H and O–H groups in total. The number of nitrogens with one attached hydrogen (secondary N) is 2. The predicted octanol–water partition coefficient (Wildman–Crippen LogP) is 3.68. The molecule has 0 atom stereocenters. The molecule has 0 radical (unpaired) electrons. The molecule has 0 bridgehead atoms. The maximum absolute atomic E-state index is 12.4. The highest BCUT2D eigenvalue weighted by molar-refractivity contribution is 6.31. The second kappa shape index (κ2) is 7.93. The summed E-state index contributed by atoms with van der Waals surface area (Å²) in [6.45, 7) is 6.47. The number of hydrogen-bond donors (Lipinski definition) is 2. The molecule has 0 aliphatic carbocycles. The lowest BCUT2D eigenvalue weighted by atomic mass is 10.1. The summed E-state index contributed by atoms with van der Waals surface area (Å²) in [5, 5.41) is 6.11. The van der Waals surface area contributed by atoms with Crippen molar-refractivity contribution in [2.75, 3.05) is 11.9 Å². The van der Waals surface area contributed by atoms with E-state index in [1.807, 2.05) is 26.8 Å². The Hall–Kier alpha value is -2.40. The van der Waals surface area contributed by atoms with Crippen LogP contribution < -0.4 is 10.6 Å². The Morgan fingerprint density at radius 2 is 1.92 bits per heavy atom. The third kappa shape index (κ3) is 4.80. The van der Waals surface area contributed by atoms with Crippen molar-refractivity contribution in [2.24, 2.45) is 5.92 Å². The van der Waals surface area contributed by atoms with E-state index < -0.39 is 0 Å². The van der Waals surface area contributed by atoms with Gasteiger partial charge in [-0.3, -0.25) is 14.6 Å². The molecule has 24 heavy (non-hydrogen) atoms. The molecule has 0 aliphatic rings. The van der Waals surface area contributed by atoms with Crippen LogP contribution in [0.3, 0.4) is 0 Å². The molecule has 0 spiro atoms. The van der Waals surface area contributed by atoms with E-state index in [9.17, 15) is 9.59 Å². The Kier molecular flexibility index (Phi) is 5.93. The highest BCUT2D eigenvalue weighted by Gasteiger charge is 2.13. The minimum absolute atomic E-state index is 0.173. The number of carbonyl (C=O) groups excluding carboxylic acids is 2. The summed E-state index contributed by atoms with van der Waals surface area (Å²) in [4.78, 5) is 28.5. The summed E-state index contributed by atoms with van der Waals surface area (Å²) in [6, 6.07) is 8.31. The molecule has 0 unspecified atom stereocenters. The summed E-state index contributed by atoms with van der Waals surface area (Å²) in [7, 11) is 0. The van der Waals surface area contributed by atoms with Gasteiger partial charge in [0, 0.05) is 29.0 Å². The molecule has 1 aromatic carbocycles. The minimum atomic E-state index is -0.390. The minimum Gasteiger partial charge on any atom is -0.352 e. The van der Waals surface area contributed by atoms with Crippen LogP contribution in [0.1, 0.15) is 40.3 Å². The molecular formula is C18H20ClN3O2. The van der Waals surface area contributed by atoms with E-state index in [4.69, 9.17) is 11.6 Å². The van der Waals surface area contributed by atoms with Crippen LogP contribution in [0.2, 0.25) is 5.02 Å². The van der Waals surface area contributed by atoms with E-state index in [0.29, 0.717) is 28.7 Å². The first kappa shape index (κ1) is 17.9. The van der Waals surface area contributed by atoms with Gasteiger partial charge in [0.15, 0.2) is 0 Å². The van der Waals surface area contributed by atoms with Gasteiger partial charge in [0.2, 0.25) is 0 Å². The van der Waals surface area contributed by atoms with Crippen molar-refractivity contribution in [3.05, 3.63) is 58.4 Å². The maximum Gasteiger partial charge on any atom is 0.274 e. The molecule has 1 aromatic heterocycles. The van der Waals surface area contributed by atoms with Crippen LogP contribution in [0.4, 0.5) is 5.69 Å². The molecule has 126 valence electrons. The molecule has 2 aromatic rings. The first-order chi connectivity index (χ1) is 11.4. The van der Waals surface area contributed by atoms with Gasteiger partial charge in [-0.15, -0.1) is 0 Å². The van der Waals surface area contributed by atoms with E-state index in [1.165, 1.54) is 12.3 Å². The first-order valence-electron chi connectivity index (χ1n) is 7.68. The zero-order chi connectivity index (χ0) is 17.7. The highest BCUT2D eigenvalue weighted by atomic mass is 35.5. The first-order valence-corrected chi connectivity index (χ1v) is 8.06. The number of aromatic nitrogens is 1. The molecule has 1 heterocycles. The SMILES string of the molecule is Cc1ccc(Cl)cc1NC(=O)c1cc(C(=O)NCC(C)C)ccn1. The number of nitrogens with zero attached hydrogens (tertiary/aromatic N) is 1. The van der Waals surface area contributed by atoms with Crippen molar-refractivity contribution in [2.45, 2.75) is 20.8 Å². The number of pyridine rings is 1. The Morgan fingerprint density at radius 3 is 2.62 bits per heavy atom. The van der Waals surface area contributed by atoms with E-state index >= 15 is 0 Å². The number of anilines is 1. The highest BCUT2D eigenvalue weighted by Crippen LogP contribution is 2.20. The monoisotopic (exact) mass is 345 g/mol. The molecule has 2 rings (SSSR count). The van der Waals surface area contributed by atoms with Gasteiger partial charge in [-0.25, -0.2) is 0 Å². The molecule has 6 heteroatoms. The lowest BCUT2D eigenvalue weighted by Gasteiger charge is -2.10. The van der Waals surface area contributed by atoms with Gasteiger partial charge in [0.1, 0.15) is 5.69 Å². The fourth-order valence-electron chi connectivity index (χ4n) is 2.01. The van der Waals surface area contributed by atoms with Gasteiger partial charge in [-0.05, 0) is 42.7 Å². The quantitative estimate of drug-likeness (QED) is 0.868. The Bertz CT molecular complexity index is 760. The van der Waals surface area contributed by atoms with Gasteiger partial charge in [-0.2, -0.15) is 0 Å². The van der Waals surface area contributed by atoms with Crippen LogP contribution in [-0.2, 0) is 0 Å². The average molecular weight is 346 g/mol. The van der Waals surface area contributed by atoms with Crippen LogP contribution >= 0.6 is 11.6 Å². The number of hydrogen-bond acceptors (Lipinski definition) is 3. The zero-order valence-corrected chi connectivity index (χ0v) is 14.6. The van der Waals surface area contributed by atoms with Gasteiger partial charge < -0.3 is 10.6 Å². The van der Waals surface area contributed by atoms with Crippen LogP contribution in [-0.4, -0.2) is 23.3 Å². The van der Waals surface area contributed by atoms with Crippen LogP contribution in [0.15, 0.2) is 36.5 Å². The van der Waals surface area contributed by atoms with Crippen LogP contribution in [0.5, 0.6) is 0 Å². The van der Waals surface area contributed by atoms with E-state index in [0.717, 1.165) is 5.56 Å². The average Bonchev–Trinajstić information content (AvgIpc) is 2.56. The third-order valence-electron chi connectivity index (χ3n) is 3.37. The fourth-order valence-corrected chi connectivity index (χ4v) is 2.18. The number of rotatable bonds is 5. The molecule has 0 aliphatic heterocycles. The lowest BCUT2D eigenvalue weighted by molar-refractivity contribution is 0.0949.